The molecule has 0 aliphatic carbocycles. The molecule has 3 heteroatoms. The van der Waals surface area contributed by atoms with Crippen molar-refractivity contribution in [3.05, 3.63) is 0 Å². The van der Waals surface area contributed by atoms with Crippen LogP contribution in [0.5, 0.6) is 0 Å². The Morgan fingerprint density at radius 2 is 1.80 bits per heavy atom. The van der Waals surface area contributed by atoms with Gasteiger partial charge >= 0.3 is 5.97 Å². The zero-order chi connectivity index (χ0) is 8.31. The van der Waals surface area contributed by atoms with Crippen LogP contribution in [0.25, 0.3) is 0 Å². The molecule has 1 N–H and O–H groups in total. The zero-order valence-electron chi connectivity index (χ0n) is 6.96. The molecule has 0 rings (SSSR count). The maximum Gasteiger partial charge on any atom is 0.307 e. The summed E-state index contributed by atoms with van der Waals surface area (Å²) >= 11 is 0. The Labute approximate surface area is 61.6 Å². The van der Waals surface area contributed by atoms with Gasteiger partial charge in [0.05, 0.1) is 5.92 Å². The molecule has 2 atom stereocenters. The van der Waals surface area contributed by atoms with E-state index in [1.54, 1.807) is 6.92 Å². The number of rotatable bonds is 3. The lowest BCUT2D eigenvalue weighted by Gasteiger charge is -2.22. The van der Waals surface area contributed by atoms with Gasteiger partial charge in [-0.25, -0.2) is 0 Å². The monoisotopic (exact) mass is 145 g/mol. The second-order valence-electron chi connectivity index (χ2n) is 2.83. The van der Waals surface area contributed by atoms with Gasteiger partial charge in [-0.05, 0) is 21.0 Å². The average Bonchev–Trinajstić information content (AvgIpc) is 1.84. The fraction of sp³-hybridized carbons (Fsp3) is 0.857. The molecule has 0 aliphatic rings. The first-order valence-electron chi connectivity index (χ1n) is 3.36. The van der Waals surface area contributed by atoms with E-state index >= 15 is 0 Å². The highest BCUT2D eigenvalue weighted by Crippen LogP contribution is 2.06. The van der Waals surface area contributed by atoms with Crippen LogP contribution >= 0.6 is 0 Å². The first-order chi connectivity index (χ1) is 4.46. The summed E-state index contributed by atoms with van der Waals surface area (Å²) < 4.78 is 0. The molecule has 0 bridgehead atoms. The molecule has 0 aromatic rings. The second-order valence-corrected chi connectivity index (χ2v) is 2.83. The number of nitrogens with zero attached hydrogens (tertiary/aromatic N) is 1. The van der Waals surface area contributed by atoms with E-state index in [2.05, 4.69) is 0 Å². The van der Waals surface area contributed by atoms with Gasteiger partial charge in [0.15, 0.2) is 0 Å². The summed E-state index contributed by atoms with van der Waals surface area (Å²) in [5.41, 5.74) is 0. The Kier molecular flexibility index (Phi) is 3.36. The molecule has 0 aromatic heterocycles. The standard InChI is InChI=1S/C7H15NO2/c1-5(7(9)10)6(2)8(3)4/h5-6H,1-4H3,(H,9,10). The van der Waals surface area contributed by atoms with E-state index in [4.69, 9.17) is 5.11 Å². The molecule has 0 saturated heterocycles. The zero-order valence-corrected chi connectivity index (χ0v) is 6.96. The number of aliphatic carboxylic acids is 1. The van der Waals surface area contributed by atoms with E-state index in [0.717, 1.165) is 0 Å². The number of carboxylic acids is 1. The number of hydrogen-bond donors (Lipinski definition) is 1. The topological polar surface area (TPSA) is 40.5 Å². The van der Waals surface area contributed by atoms with Crippen LogP contribution in [-0.4, -0.2) is 36.1 Å². The molecule has 10 heavy (non-hydrogen) atoms. The summed E-state index contributed by atoms with van der Waals surface area (Å²) in [6.07, 6.45) is 0. The molecule has 0 fully saturated rings. The molecule has 60 valence electrons. The molecular weight excluding hydrogens is 130 g/mol. The third kappa shape index (κ3) is 2.35. The molecule has 3 nitrogen and oxygen atoms in total. The van der Waals surface area contributed by atoms with Gasteiger partial charge in [0, 0.05) is 6.04 Å². The molecule has 0 radical (unpaired) electrons. The van der Waals surface area contributed by atoms with E-state index in [9.17, 15) is 4.79 Å². The molecule has 0 spiro atoms. The van der Waals surface area contributed by atoms with E-state index < -0.39 is 5.97 Å². The smallest absolute Gasteiger partial charge is 0.307 e. The summed E-state index contributed by atoms with van der Waals surface area (Å²) in [7, 11) is 3.76. The third-order valence-electron chi connectivity index (χ3n) is 1.93. The first-order valence-corrected chi connectivity index (χ1v) is 3.36. The lowest BCUT2D eigenvalue weighted by molar-refractivity contribution is -0.142. The van der Waals surface area contributed by atoms with Crippen LogP contribution in [0.2, 0.25) is 0 Å². The minimum atomic E-state index is -0.735. The summed E-state index contributed by atoms with van der Waals surface area (Å²) in [4.78, 5) is 12.3. The lowest BCUT2D eigenvalue weighted by Crippen LogP contribution is -2.35. The second kappa shape index (κ2) is 3.56. The van der Waals surface area contributed by atoms with Crippen molar-refractivity contribution < 1.29 is 9.90 Å². The SMILES string of the molecule is CC(C(=O)O)C(C)N(C)C. The summed E-state index contributed by atoms with van der Waals surface area (Å²) in [5, 5.41) is 8.57. The van der Waals surface area contributed by atoms with Gasteiger partial charge in [0.2, 0.25) is 0 Å². The van der Waals surface area contributed by atoms with Crippen molar-refractivity contribution in [2.24, 2.45) is 5.92 Å². The van der Waals surface area contributed by atoms with Gasteiger partial charge in [0.25, 0.3) is 0 Å². The van der Waals surface area contributed by atoms with E-state index in [0.29, 0.717) is 0 Å². The predicted molar refractivity (Wildman–Crippen MR) is 39.9 cm³/mol. The van der Waals surface area contributed by atoms with E-state index in [1.165, 1.54) is 0 Å². The van der Waals surface area contributed by atoms with Crippen LogP contribution in [0.15, 0.2) is 0 Å². The molecule has 0 amide bonds. The van der Waals surface area contributed by atoms with Crippen LogP contribution in [0.4, 0.5) is 0 Å². The Hall–Kier alpha value is -0.570. The highest BCUT2D eigenvalue weighted by atomic mass is 16.4. The molecule has 2 unspecified atom stereocenters. The maximum absolute atomic E-state index is 10.4. The van der Waals surface area contributed by atoms with Gasteiger partial charge in [0.1, 0.15) is 0 Å². The van der Waals surface area contributed by atoms with Crippen molar-refractivity contribution in [2.45, 2.75) is 19.9 Å². The fourth-order valence-corrected chi connectivity index (χ4v) is 0.654. The van der Waals surface area contributed by atoms with Crippen molar-refractivity contribution in [2.75, 3.05) is 14.1 Å². The number of hydrogen-bond acceptors (Lipinski definition) is 2. The predicted octanol–water partition coefficient (Wildman–Crippen LogP) is 0.657. The minimum Gasteiger partial charge on any atom is -0.481 e. The Morgan fingerprint density at radius 3 is 1.90 bits per heavy atom. The fourth-order valence-electron chi connectivity index (χ4n) is 0.654. The summed E-state index contributed by atoms with van der Waals surface area (Å²) in [6.45, 7) is 3.62. The van der Waals surface area contributed by atoms with E-state index in [-0.39, 0.29) is 12.0 Å². The molecule has 0 aromatic carbocycles. The quantitative estimate of drug-likeness (QED) is 0.634. The van der Waals surface area contributed by atoms with Crippen molar-refractivity contribution in [1.29, 1.82) is 0 Å². The van der Waals surface area contributed by atoms with Crippen LogP contribution in [0.3, 0.4) is 0 Å². The third-order valence-corrected chi connectivity index (χ3v) is 1.93. The Balaban J connectivity index is 3.94. The first kappa shape index (κ1) is 9.43. The van der Waals surface area contributed by atoms with Gasteiger partial charge in [-0.15, -0.1) is 0 Å². The van der Waals surface area contributed by atoms with E-state index in [1.807, 2.05) is 25.9 Å². The normalized spacial score (nSPS) is 16.9. The maximum atomic E-state index is 10.4. The van der Waals surface area contributed by atoms with Crippen LogP contribution < -0.4 is 0 Å². The highest BCUT2D eigenvalue weighted by molar-refractivity contribution is 5.70. The van der Waals surface area contributed by atoms with Crippen LogP contribution in [-0.2, 0) is 4.79 Å². The van der Waals surface area contributed by atoms with Crippen molar-refractivity contribution in [1.82, 2.24) is 4.90 Å². The van der Waals surface area contributed by atoms with Gasteiger partial charge in [-0.2, -0.15) is 0 Å². The van der Waals surface area contributed by atoms with Gasteiger partial charge in [-0.3, -0.25) is 4.79 Å². The Bertz CT molecular complexity index is 123. The van der Waals surface area contributed by atoms with Gasteiger partial charge in [-0.1, -0.05) is 6.92 Å². The lowest BCUT2D eigenvalue weighted by atomic mass is 10.0. The summed E-state index contributed by atoms with van der Waals surface area (Å²) in [6, 6.07) is 0.0949. The van der Waals surface area contributed by atoms with Crippen molar-refractivity contribution in [3.63, 3.8) is 0 Å². The highest BCUT2D eigenvalue weighted by Gasteiger charge is 2.20. The molecular formula is C7H15NO2. The minimum absolute atomic E-state index is 0.0949. The molecule has 0 heterocycles. The average molecular weight is 145 g/mol. The van der Waals surface area contributed by atoms with Gasteiger partial charge < -0.3 is 10.0 Å². The summed E-state index contributed by atoms with van der Waals surface area (Å²) in [5.74, 6) is -1.03. The van der Waals surface area contributed by atoms with Crippen molar-refractivity contribution >= 4 is 5.97 Å². The van der Waals surface area contributed by atoms with Crippen LogP contribution in [0.1, 0.15) is 13.8 Å². The number of carbonyl (C=O) groups is 1. The Morgan fingerprint density at radius 1 is 1.40 bits per heavy atom. The molecule has 0 saturated carbocycles. The molecule has 0 aliphatic heterocycles. The number of carboxylic acid groups (broad SMARTS) is 1. The van der Waals surface area contributed by atoms with Crippen molar-refractivity contribution in [3.8, 4) is 0 Å². The van der Waals surface area contributed by atoms with Crippen LogP contribution in [0, 0.1) is 5.92 Å². The largest absolute Gasteiger partial charge is 0.481 e.